The minimum atomic E-state index is -3.89. The number of amides is 4. The Balaban J connectivity index is 1.36. The van der Waals surface area contributed by atoms with Crippen molar-refractivity contribution >= 4 is 33.8 Å². The number of hydrogen-bond acceptors (Lipinski definition) is 10. The monoisotopic (exact) mass is 677 g/mol. The number of β-amino-alcohol motifs (C(OH)–C–C–N with tert-alkyl or cyclic N) is 1. The number of likely N-dealkylation sites (tertiary alicyclic amines) is 1. The highest BCUT2D eigenvalue weighted by molar-refractivity contribution is 7.91. The van der Waals surface area contributed by atoms with Crippen molar-refractivity contribution in [1.82, 2.24) is 25.2 Å². The third-order valence-electron chi connectivity index (χ3n) is 9.46. The Morgan fingerprint density at radius 2 is 1.79 bits per heavy atom. The van der Waals surface area contributed by atoms with E-state index in [1.54, 1.807) is 20.8 Å². The number of carbonyl (C=O) groups excluding carboxylic acids is 4. The topological polar surface area (TPSA) is 184 Å². The predicted octanol–water partition coefficient (Wildman–Crippen LogP) is 0.203. The summed E-state index contributed by atoms with van der Waals surface area (Å²) >= 11 is 0. The molecule has 47 heavy (non-hydrogen) atoms. The summed E-state index contributed by atoms with van der Waals surface area (Å²) in [5.41, 5.74) is -3.89. The molecule has 2 aliphatic heterocycles. The Bertz CT molecular complexity index is 1430. The largest absolute Gasteiger partial charge is 0.444 e. The molecule has 5 rings (SSSR count). The molecule has 0 bridgehead atoms. The SMILES string of the molecule is C=C[C@@H]1C[C@]1(NC(=O)[C@@H]1C[C@@](O)(C2C=CC=CC2CN2CCOCC2)CN1C(=O)CNC(=O)OC(C)(C)C)C(=O)NS(=O)(=O)C1CC1. The van der Waals surface area contributed by atoms with Crippen LogP contribution in [-0.2, 0) is 33.9 Å². The Kier molecular flexibility index (Phi) is 9.94. The van der Waals surface area contributed by atoms with Crippen LogP contribution in [0.5, 0.6) is 0 Å². The number of nitrogens with one attached hydrogen (secondary N) is 3. The van der Waals surface area contributed by atoms with E-state index in [1.807, 2.05) is 24.3 Å². The fourth-order valence-corrected chi connectivity index (χ4v) is 8.09. The number of carbonyl (C=O) groups is 4. The molecule has 6 atom stereocenters. The van der Waals surface area contributed by atoms with Gasteiger partial charge in [-0.3, -0.25) is 24.0 Å². The van der Waals surface area contributed by atoms with E-state index >= 15 is 0 Å². The van der Waals surface area contributed by atoms with Crippen molar-refractivity contribution in [2.45, 2.75) is 74.5 Å². The minimum Gasteiger partial charge on any atom is -0.444 e. The molecule has 0 aromatic rings. The Morgan fingerprint density at radius 3 is 2.40 bits per heavy atom. The number of alkyl carbamates (subject to hydrolysis) is 1. The number of sulfonamides is 1. The quantitative estimate of drug-likeness (QED) is 0.221. The van der Waals surface area contributed by atoms with E-state index in [4.69, 9.17) is 9.47 Å². The van der Waals surface area contributed by atoms with Crippen LogP contribution < -0.4 is 15.4 Å². The summed E-state index contributed by atoms with van der Waals surface area (Å²) in [5, 5.41) is 16.8. The smallest absolute Gasteiger partial charge is 0.408 e. The van der Waals surface area contributed by atoms with Crippen molar-refractivity contribution in [2.75, 3.05) is 45.9 Å². The number of rotatable bonds is 11. The molecule has 0 aromatic heterocycles. The van der Waals surface area contributed by atoms with E-state index < -0.39 is 80.3 Å². The van der Waals surface area contributed by atoms with Crippen LogP contribution in [0.1, 0.15) is 46.5 Å². The van der Waals surface area contributed by atoms with E-state index in [2.05, 4.69) is 26.8 Å². The standard InChI is InChI=1S/C32H47N5O9S/c1-5-22-16-32(22,28(40)35-47(43,44)23-10-11-23)34-27(39)25-17-31(42,20-37(25)26(38)18-33-29(41)46-30(2,3)4)24-9-7-6-8-21(24)19-36-12-14-45-15-13-36/h5-9,21-25,42H,1,10-20H2,2-4H3,(H,33,41)(H,34,39)(H,35,40)/t21?,22-,24?,25+,31+,32-/m1/s1. The lowest BCUT2D eigenvalue weighted by Gasteiger charge is -2.39. The van der Waals surface area contributed by atoms with E-state index in [1.165, 1.54) is 11.0 Å². The molecule has 2 saturated heterocycles. The van der Waals surface area contributed by atoms with E-state index in [-0.39, 0.29) is 25.3 Å². The summed E-state index contributed by atoms with van der Waals surface area (Å²) in [5.74, 6) is -3.30. The van der Waals surface area contributed by atoms with Gasteiger partial charge in [0.2, 0.25) is 21.8 Å². The maximum atomic E-state index is 14.0. The van der Waals surface area contributed by atoms with Gasteiger partial charge in [0.15, 0.2) is 0 Å². The first kappa shape index (κ1) is 35.0. The van der Waals surface area contributed by atoms with Gasteiger partial charge in [-0.1, -0.05) is 30.4 Å². The summed E-state index contributed by atoms with van der Waals surface area (Å²) < 4.78 is 38.0. The molecule has 5 aliphatic rings. The molecular weight excluding hydrogens is 630 g/mol. The molecular formula is C32H47N5O9S. The molecule has 2 saturated carbocycles. The minimum absolute atomic E-state index is 0.125. The third kappa shape index (κ3) is 8.07. The summed E-state index contributed by atoms with van der Waals surface area (Å²) in [6.45, 7) is 11.4. The van der Waals surface area contributed by atoms with E-state index in [0.717, 1.165) is 13.1 Å². The van der Waals surface area contributed by atoms with Crippen LogP contribution in [0, 0.1) is 17.8 Å². The predicted molar refractivity (Wildman–Crippen MR) is 171 cm³/mol. The highest BCUT2D eigenvalue weighted by Crippen LogP contribution is 2.46. The van der Waals surface area contributed by atoms with Gasteiger partial charge in [-0.15, -0.1) is 6.58 Å². The molecule has 2 unspecified atom stereocenters. The molecule has 3 aliphatic carbocycles. The zero-order valence-corrected chi connectivity index (χ0v) is 28.1. The van der Waals surface area contributed by atoms with Crippen molar-refractivity contribution in [3.05, 3.63) is 37.0 Å². The van der Waals surface area contributed by atoms with Crippen LogP contribution in [0.25, 0.3) is 0 Å². The van der Waals surface area contributed by atoms with Crippen LogP contribution in [-0.4, -0.2) is 121 Å². The van der Waals surface area contributed by atoms with Crippen LogP contribution in [0.2, 0.25) is 0 Å². The zero-order valence-electron chi connectivity index (χ0n) is 27.3. The van der Waals surface area contributed by atoms with Gasteiger partial charge in [-0.25, -0.2) is 13.2 Å². The number of allylic oxidation sites excluding steroid dienone is 2. The van der Waals surface area contributed by atoms with Crippen molar-refractivity contribution in [1.29, 1.82) is 0 Å². The Labute approximate surface area is 276 Å². The zero-order chi connectivity index (χ0) is 34.2. The van der Waals surface area contributed by atoms with Crippen LogP contribution in [0.4, 0.5) is 4.79 Å². The number of aliphatic hydroxyl groups is 1. The number of hydrogen-bond donors (Lipinski definition) is 4. The molecule has 4 N–H and O–H groups in total. The third-order valence-corrected chi connectivity index (χ3v) is 11.3. The fourth-order valence-electron chi connectivity index (χ4n) is 6.72. The number of ether oxygens (including phenoxy) is 2. The van der Waals surface area contributed by atoms with Crippen molar-refractivity contribution in [3.8, 4) is 0 Å². The van der Waals surface area contributed by atoms with Gasteiger partial charge < -0.3 is 30.1 Å². The molecule has 2 heterocycles. The van der Waals surface area contributed by atoms with Gasteiger partial charge in [0, 0.05) is 37.9 Å². The van der Waals surface area contributed by atoms with Gasteiger partial charge in [-0.2, -0.15) is 0 Å². The lowest BCUT2D eigenvalue weighted by Crippen LogP contribution is -2.57. The highest BCUT2D eigenvalue weighted by Gasteiger charge is 2.62. The maximum absolute atomic E-state index is 14.0. The second kappa shape index (κ2) is 13.3. The van der Waals surface area contributed by atoms with E-state index in [9.17, 15) is 32.7 Å². The Hall–Kier alpha value is -3.27. The fraction of sp³-hybridized carbons (Fsp3) is 0.688. The van der Waals surface area contributed by atoms with Crippen molar-refractivity contribution in [2.24, 2.45) is 17.8 Å². The average molecular weight is 678 g/mol. The maximum Gasteiger partial charge on any atom is 0.408 e. The van der Waals surface area contributed by atoms with E-state index in [0.29, 0.717) is 32.6 Å². The Morgan fingerprint density at radius 1 is 1.11 bits per heavy atom. The van der Waals surface area contributed by atoms with Gasteiger partial charge in [0.1, 0.15) is 23.7 Å². The first-order valence-corrected chi connectivity index (χ1v) is 17.8. The second-order valence-electron chi connectivity index (χ2n) is 14.3. The lowest BCUT2D eigenvalue weighted by atomic mass is 9.74. The molecule has 14 nitrogen and oxygen atoms in total. The van der Waals surface area contributed by atoms with Crippen LogP contribution in [0.3, 0.4) is 0 Å². The second-order valence-corrected chi connectivity index (χ2v) is 16.2. The molecule has 0 aromatic carbocycles. The number of nitrogens with zero attached hydrogens (tertiary/aromatic N) is 2. The van der Waals surface area contributed by atoms with Gasteiger partial charge in [-0.05, 0) is 46.0 Å². The molecule has 15 heteroatoms. The lowest BCUT2D eigenvalue weighted by molar-refractivity contribution is -0.139. The van der Waals surface area contributed by atoms with Gasteiger partial charge >= 0.3 is 6.09 Å². The first-order chi connectivity index (χ1) is 22.1. The van der Waals surface area contributed by atoms with Gasteiger partial charge in [0.25, 0.3) is 5.91 Å². The summed E-state index contributed by atoms with van der Waals surface area (Å²) in [7, 11) is -3.89. The molecule has 0 radical (unpaired) electrons. The molecule has 4 amide bonds. The molecule has 4 fully saturated rings. The van der Waals surface area contributed by atoms with Gasteiger partial charge in [0.05, 0.1) is 30.6 Å². The van der Waals surface area contributed by atoms with Crippen LogP contribution >= 0.6 is 0 Å². The summed E-state index contributed by atoms with van der Waals surface area (Å²) in [4.78, 5) is 56.8. The van der Waals surface area contributed by atoms with Crippen LogP contribution in [0.15, 0.2) is 37.0 Å². The summed E-state index contributed by atoms with van der Waals surface area (Å²) in [6, 6.07) is -1.22. The highest BCUT2D eigenvalue weighted by atomic mass is 32.2. The average Bonchev–Trinajstić information content (AvgIpc) is 3.93. The summed E-state index contributed by atoms with van der Waals surface area (Å²) in [6.07, 6.45) is 9.23. The van der Waals surface area contributed by atoms with Crippen molar-refractivity contribution < 1.29 is 42.2 Å². The van der Waals surface area contributed by atoms with Crippen molar-refractivity contribution in [3.63, 3.8) is 0 Å². The molecule has 0 spiro atoms. The first-order valence-electron chi connectivity index (χ1n) is 16.2. The number of morpholine rings is 1. The molecule has 260 valence electrons. The normalized spacial score (nSPS) is 32.4.